The van der Waals surface area contributed by atoms with Crippen LogP contribution in [0.3, 0.4) is 0 Å². The highest BCUT2D eigenvalue weighted by Gasteiger charge is 2.23. The number of H-pyrrole nitrogens is 1. The van der Waals surface area contributed by atoms with Gasteiger partial charge in [0, 0.05) is 23.6 Å². The van der Waals surface area contributed by atoms with Gasteiger partial charge in [-0.2, -0.15) is 4.98 Å². The predicted octanol–water partition coefficient (Wildman–Crippen LogP) is 4.64. The van der Waals surface area contributed by atoms with E-state index >= 15 is 0 Å². The first kappa shape index (κ1) is 18.8. The quantitative estimate of drug-likeness (QED) is 0.649. The number of nitrogens with one attached hydrogen (secondary N) is 1. The molecular weight excluding hydrogens is 380 g/mol. The van der Waals surface area contributed by atoms with Gasteiger partial charge < -0.3 is 14.5 Å². The number of rotatable bonds is 6. The molecule has 1 aliphatic rings. The minimum atomic E-state index is -0.175. The molecule has 1 aromatic carbocycles. The fourth-order valence-corrected chi connectivity index (χ4v) is 3.86. The van der Waals surface area contributed by atoms with Gasteiger partial charge in [0.1, 0.15) is 5.82 Å². The van der Waals surface area contributed by atoms with Gasteiger partial charge >= 0.3 is 6.01 Å². The van der Waals surface area contributed by atoms with Crippen LogP contribution in [0.5, 0.6) is 17.5 Å². The minimum absolute atomic E-state index is 0.175. The lowest BCUT2D eigenvalue weighted by Gasteiger charge is -2.13. The van der Waals surface area contributed by atoms with Crippen LogP contribution in [0.1, 0.15) is 50.8 Å². The first-order chi connectivity index (χ1) is 13.6. The molecule has 2 aromatic heterocycles. The van der Waals surface area contributed by atoms with Crippen LogP contribution in [-0.4, -0.2) is 26.6 Å². The van der Waals surface area contributed by atoms with Crippen molar-refractivity contribution in [2.24, 2.45) is 0 Å². The fraction of sp³-hybridized carbons (Fsp3) is 0.450. The molecule has 0 atom stereocenters. The van der Waals surface area contributed by atoms with E-state index in [2.05, 4.69) is 15.0 Å². The molecule has 1 saturated carbocycles. The third-order valence-corrected chi connectivity index (χ3v) is 5.35. The van der Waals surface area contributed by atoms with Crippen LogP contribution in [-0.2, 0) is 6.54 Å². The van der Waals surface area contributed by atoms with Gasteiger partial charge in [0.2, 0.25) is 0 Å². The highest BCUT2D eigenvalue weighted by Crippen LogP contribution is 2.35. The van der Waals surface area contributed by atoms with Crippen LogP contribution in [0.25, 0.3) is 11.2 Å². The van der Waals surface area contributed by atoms with Crippen LogP contribution >= 0.6 is 11.6 Å². The molecule has 4 rings (SSSR count). The average molecular weight is 403 g/mol. The molecule has 0 aliphatic heterocycles. The zero-order valence-electron chi connectivity index (χ0n) is 16.0. The number of ether oxygens (including phenoxy) is 2. The summed E-state index contributed by atoms with van der Waals surface area (Å²) in [6, 6.07) is 5.25. The van der Waals surface area contributed by atoms with Gasteiger partial charge in [-0.15, -0.1) is 0 Å². The van der Waals surface area contributed by atoms with Crippen molar-refractivity contribution in [1.29, 1.82) is 0 Å². The Hall–Kier alpha value is -2.54. The van der Waals surface area contributed by atoms with Gasteiger partial charge in [0.15, 0.2) is 22.7 Å². The molecule has 2 heterocycles. The molecule has 0 bridgehead atoms. The highest BCUT2D eigenvalue weighted by molar-refractivity contribution is 6.30. The van der Waals surface area contributed by atoms with Gasteiger partial charge in [-0.25, -0.2) is 4.98 Å². The molecule has 148 valence electrons. The number of nitrogens with zero attached hydrogens (tertiary/aromatic N) is 3. The second-order valence-corrected chi connectivity index (χ2v) is 7.49. The average Bonchev–Trinajstić information content (AvgIpc) is 3.35. The van der Waals surface area contributed by atoms with Gasteiger partial charge in [0.25, 0.3) is 5.56 Å². The molecule has 1 fully saturated rings. The zero-order chi connectivity index (χ0) is 19.7. The number of imidazole rings is 1. The van der Waals surface area contributed by atoms with E-state index in [-0.39, 0.29) is 11.6 Å². The molecule has 1 N–H and O–H groups in total. The number of halogens is 1. The summed E-state index contributed by atoms with van der Waals surface area (Å²) in [6.07, 6.45) is 5.34. The maximum atomic E-state index is 13.1. The smallest absolute Gasteiger partial charge is 0.307 e. The zero-order valence-corrected chi connectivity index (χ0v) is 16.8. The molecule has 0 unspecified atom stereocenters. The Bertz CT molecular complexity index is 1050. The summed E-state index contributed by atoms with van der Waals surface area (Å²) in [6.45, 7) is 2.49. The van der Waals surface area contributed by atoms with Crippen LogP contribution in [0.15, 0.2) is 23.0 Å². The fourth-order valence-electron chi connectivity index (χ4n) is 3.70. The number of hydrogen-bond donors (Lipinski definition) is 1. The summed E-state index contributed by atoms with van der Waals surface area (Å²) in [7, 11) is 1.54. The van der Waals surface area contributed by atoms with Crippen molar-refractivity contribution >= 4 is 22.8 Å². The van der Waals surface area contributed by atoms with Crippen molar-refractivity contribution in [3.8, 4) is 17.5 Å². The second-order valence-electron chi connectivity index (χ2n) is 7.05. The van der Waals surface area contributed by atoms with Crippen molar-refractivity contribution in [3.05, 3.63) is 39.4 Å². The van der Waals surface area contributed by atoms with Crippen molar-refractivity contribution in [1.82, 2.24) is 19.5 Å². The maximum absolute atomic E-state index is 13.1. The van der Waals surface area contributed by atoms with E-state index in [1.54, 1.807) is 18.2 Å². The van der Waals surface area contributed by atoms with Crippen molar-refractivity contribution < 1.29 is 9.47 Å². The predicted molar refractivity (Wildman–Crippen MR) is 108 cm³/mol. The van der Waals surface area contributed by atoms with Gasteiger partial charge in [-0.05, 0) is 31.4 Å². The number of methoxy groups -OCH3 is 1. The molecule has 0 saturated heterocycles. The monoisotopic (exact) mass is 402 g/mol. The minimum Gasteiger partial charge on any atom is -0.493 e. The van der Waals surface area contributed by atoms with E-state index in [4.69, 9.17) is 21.1 Å². The number of aromatic nitrogens is 4. The molecular formula is C20H23ClN4O3. The molecule has 7 nitrogen and oxygen atoms in total. The lowest BCUT2D eigenvalue weighted by atomic mass is 10.1. The topological polar surface area (TPSA) is 82.0 Å². The van der Waals surface area contributed by atoms with E-state index in [1.165, 1.54) is 24.5 Å². The van der Waals surface area contributed by atoms with Crippen molar-refractivity contribution in [3.63, 3.8) is 0 Å². The third-order valence-electron chi connectivity index (χ3n) is 5.11. The van der Waals surface area contributed by atoms with Gasteiger partial charge in [0.05, 0.1) is 7.11 Å². The first-order valence-corrected chi connectivity index (χ1v) is 10.00. The van der Waals surface area contributed by atoms with Crippen molar-refractivity contribution in [2.45, 2.75) is 51.5 Å². The number of benzene rings is 1. The van der Waals surface area contributed by atoms with Crippen LogP contribution in [0, 0.1) is 0 Å². The van der Waals surface area contributed by atoms with Crippen LogP contribution in [0.2, 0.25) is 5.02 Å². The second kappa shape index (κ2) is 7.83. The standard InChI is InChI=1S/C20H23ClN4O3/c1-3-10-25-19(26)16-18(23-17(22-16)12-6-4-5-7-12)24-20(25)28-14-9-8-13(21)11-15(14)27-2/h8-9,11-12H,3-7,10H2,1-2H3,(H,22,23). The number of aromatic amines is 1. The van der Waals surface area contributed by atoms with Crippen LogP contribution < -0.4 is 15.0 Å². The largest absolute Gasteiger partial charge is 0.493 e. The summed E-state index contributed by atoms with van der Waals surface area (Å²) < 4.78 is 12.9. The van der Waals surface area contributed by atoms with Gasteiger partial charge in [-0.1, -0.05) is 31.4 Å². The lowest BCUT2D eigenvalue weighted by molar-refractivity contribution is 0.353. The third kappa shape index (κ3) is 3.46. The van der Waals surface area contributed by atoms with E-state index in [9.17, 15) is 4.79 Å². The van der Waals surface area contributed by atoms with Crippen molar-refractivity contribution in [2.75, 3.05) is 7.11 Å². The van der Waals surface area contributed by atoms with E-state index < -0.39 is 0 Å². The lowest BCUT2D eigenvalue weighted by Crippen LogP contribution is -2.23. The van der Waals surface area contributed by atoms with Gasteiger partial charge in [-0.3, -0.25) is 9.36 Å². The summed E-state index contributed by atoms with van der Waals surface area (Å²) in [5.74, 6) is 2.13. The SMILES string of the molecule is CCCn1c(Oc2ccc(Cl)cc2OC)nc2nc(C3CCCC3)[nH]c2c1=O. The molecule has 0 radical (unpaired) electrons. The molecule has 0 amide bonds. The highest BCUT2D eigenvalue weighted by atomic mass is 35.5. The summed E-state index contributed by atoms with van der Waals surface area (Å²) in [5.41, 5.74) is 0.652. The number of hydrogen-bond acceptors (Lipinski definition) is 5. The summed E-state index contributed by atoms with van der Waals surface area (Å²) in [4.78, 5) is 25.5. The van der Waals surface area contributed by atoms with E-state index in [1.807, 2.05) is 6.92 Å². The Morgan fingerprint density at radius 3 is 2.75 bits per heavy atom. The molecule has 8 heteroatoms. The van der Waals surface area contributed by atoms with E-state index in [0.29, 0.717) is 40.1 Å². The molecule has 0 spiro atoms. The number of fused-ring (bicyclic) bond motifs is 1. The Balaban J connectivity index is 1.80. The summed E-state index contributed by atoms with van der Waals surface area (Å²) >= 11 is 6.03. The molecule has 3 aromatic rings. The first-order valence-electron chi connectivity index (χ1n) is 9.62. The molecule has 1 aliphatic carbocycles. The Kier molecular flexibility index (Phi) is 5.26. The normalized spacial score (nSPS) is 14.7. The Morgan fingerprint density at radius 2 is 2.04 bits per heavy atom. The molecule has 28 heavy (non-hydrogen) atoms. The summed E-state index contributed by atoms with van der Waals surface area (Å²) in [5, 5.41) is 0.534. The maximum Gasteiger partial charge on any atom is 0.307 e. The van der Waals surface area contributed by atoms with E-state index in [0.717, 1.165) is 25.1 Å². The van der Waals surface area contributed by atoms with Crippen LogP contribution in [0.4, 0.5) is 0 Å². The Morgan fingerprint density at radius 1 is 1.25 bits per heavy atom. The Labute approximate surface area is 167 Å².